The molecule has 0 radical (unpaired) electrons. The van der Waals surface area contributed by atoms with Crippen molar-refractivity contribution in [2.45, 2.75) is 33.7 Å². The van der Waals surface area contributed by atoms with Crippen molar-refractivity contribution in [3.8, 4) is 0 Å². The molecule has 1 aromatic rings. The minimum absolute atomic E-state index is 0.0271. The third kappa shape index (κ3) is 4.10. The lowest BCUT2D eigenvalue weighted by atomic mass is 10.1. The molecule has 106 valence electrons. The van der Waals surface area contributed by atoms with Crippen molar-refractivity contribution in [3.05, 3.63) is 22.8 Å². The highest BCUT2D eigenvalue weighted by Crippen LogP contribution is 2.21. The van der Waals surface area contributed by atoms with E-state index >= 15 is 0 Å². The zero-order valence-electron chi connectivity index (χ0n) is 12.2. The summed E-state index contributed by atoms with van der Waals surface area (Å²) < 4.78 is 0. The Morgan fingerprint density at radius 1 is 1.42 bits per heavy atom. The molecule has 0 bridgehead atoms. The van der Waals surface area contributed by atoms with Gasteiger partial charge in [-0.3, -0.25) is 4.79 Å². The molecule has 4 nitrogen and oxygen atoms in total. The van der Waals surface area contributed by atoms with Crippen LogP contribution in [0.5, 0.6) is 0 Å². The minimum atomic E-state index is -0.0271. The van der Waals surface area contributed by atoms with E-state index in [1.807, 2.05) is 18.7 Å². The summed E-state index contributed by atoms with van der Waals surface area (Å²) in [6.45, 7) is 8.94. The first-order valence-corrected chi connectivity index (χ1v) is 6.88. The van der Waals surface area contributed by atoms with Crippen LogP contribution in [0.1, 0.15) is 38.1 Å². The van der Waals surface area contributed by atoms with Gasteiger partial charge in [0.25, 0.3) is 5.91 Å². The van der Waals surface area contributed by atoms with Crippen molar-refractivity contribution < 1.29 is 4.79 Å². The number of nitrogens with zero attached hydrogens (tertiary/aromatic N) is 2. The number of anilines is 1. The molecule has 0 saturated heterocycles. The van der Waals surface area contributed by atoms with Crippen LogP contribution in [0.25, 0.3) is 0 Å². The highest BCUT2D eigenvalue weighted by atomic mass is 35.5. The van der Waals surface area contributed by atoms with Crippen LogP contribution >= 0.6 is 11.6 Å². The molecule has 1 aromatic heterocycles. The number of amides is 1. The highest BCUT2D eigenvalue weighted by Gasteiger charge is 2.20. The van der Waals surface area contributed by atoms with E-state index in [0.717, 1.165) is 6.54 Å². The molecule has 1 heterocycles. The molecule has 0 unspecified atom stereocenters. The van der Waals surface area contributed by atoms with E-state index in [1.165, 1.54) is 0 Å². The lowest BCUT2D eigenvalue weighted by Gasteiger charge is -2.28. The van der Waals surface area contributed by atoms with Crippen LogP contribution in [0.3, 0.4) is 0 Å². The van der Waals surface area contributed by atoms with Gasteiger partial charge >= 0.3 is 0 Å². The summed E-state index contributed by atoms with van der Waals surface area (Å²) in [6, 6.07) is 1.82. The second-order valence-electron chi connectivity index (χ2n) is 5.25. The normalized spacial score (nSPS) is 10.9. The van der Waals surface area contributed by atoms with E-state index in [4.69, 9.17) is 11.6 Å². The Morgan fingerprint density at radius 2 is 2.05 bits per heavy atom. The maximum Gasteiger partial charge on any atom is 0.255 e. The van der Waals surface area contributed by atoms with Gasteiger partial charge in [-0.1, -0.05) is 25.4 Å². The monoisotopic (exact) mass is 283 g/mol. The molecule has 0 aliphatic heterocycles. The number of hydrogen-bond acceptors (Lipinski definition) is 3. The number of carbonyl (C=O) groups is 1. The third-order valence-corrected chi connectivity index (χ3v) is 3.06. The van der Waals surface area contributed by atoms with Crippen LogP contribution in [0.2, 0.25) is 5.02 Å². The first-order chi connectivity index (χ1) is 8.86. The van der Waals surface area contributed by atoms with E-state index in [1.54, 1.807) is 19.3 Å². The molecule has 0 atom stereocenters. The van der Waals surface area contributed by atoms with Gasteiger partial charge in [-0.15, -0.1) is 0 Å². The zero-order valence-corrected chi connectivity index (χ0v) is 13.0. The van der Waals surface area contributed by atoms with Crippen molar-refractivity contribution in [1.29, 1.82) is 0 Å². The standard InChI is InChI=1S/C14H22ClN3O/c1-9(2)8-18(10(3)4)14(19)11-6-12(15)13(16-5)17-7-11/h6-7,9-10H,8H2,1-5H3,(H,16,17). The predicted octanol–water partition coefficient (Wildman–Crippen LogP) is 3.28. The Bertz CT molecular complexity index is 446. The van der Waals surface area contributed by atoms with Crippen molar-refractivity contribution >= 4 is 23.3 Å². The number of pyridine rings is 1. The summed E-state index contributed by atoms with van der Waals surface area (Å²) in [7, 11) is 1.74. The van der Waals surface area contributed by atoms with E-state index in [-0.39, 0.29) is 11.9 Å². The minimum Gasteiger partial charge on any atom is -0.372 e. The number of halogens is 1. The van der Waals surface area contributed by atoms with Crippen LogP contribution < -0.4 is 5.32 Å². The van der Waals surface area contributed by atoms with E-state index in [9.17, 15) is 4.79 Å². The van der Waals surface area contributed by atoms with Gasteiger partial charge in [-0.05, 0) is 25.8 Å². The van der Waals surface area contributed by atoms with Crippen LogP contribution in [-0.4, -0.2) is 35.4 Å². The first-order valence-electron chi connectivity index (χ1n) is 6.51. The van der Waals surface area contributed by atoms with E-state index < -0.39 is 0 Å². The Labute approximate surface area is 120 Å². The molecule has 0 spiro atoms. The van der Waals surface area contributed by atoms with E-state index in [2.05, 4.69) is 24.1 Å². The summed E-state index contributed by atoms with van der Waals surface area (Å²) >= 11 is 6.07. The van der Waals surface area contributed by atoms with Crippen LogP contribution in [0.4, 0.5) is 5.82 Å². The molecule has 0 aliphatic rings. The molecule has 19 heavy (non-hydrogen) atoms. The van der Waals surface area contributed by atoms with Gasteiger partial charge in [0.05, 0.1) is 10.6 Å². The number of rotatable bonds is 5. The summed E-state index contributed by atoms with van der Waals surface area (Å²) in [6.07, 6.45) is 1.57. The van der Waals surface area contributed by atoms with Crippen LogP contribution in [0.15, 0.2) is 12.3 Å². The van der Waals surface area contributed by atoms with Gasteiger partial charge < -0.3 is 10.2 Å². The van der Waals surface area contributed by atoms with Gasteiger partial charge in [0.2, 0.25) is 0 Å². The predicted molar refractivity (Wildman–Crippen MR) is 79.8 cm³/mol. The average Bonchev–Trinajstić information content (AvgIpc) is 2.34. The Kier molecular flexibility index (Phi) is 5.60. The fourth-order valence-corrected chi connectivity index (χ4v) is 2.09. The molecular weight excluding hydrogens is 262 g/mol. The van der Waals surface area contributed by atoms with Gasteiger partial charge in [-0.2, -0.15) is 0 Å². The molecule has 0 aliphatic carbocycles. The molecule has 1 N–H and O–H groups in total. The fourth-order valence-electron chi connectivity index (χ4n) is 1.83. The van der Waals surface area contributed by atoms with Gasteiger partial charge in [-0.25, -0.2) is 4.98 Å². The largest absolute Gasteiger partial charge is 0.372 e. The highest BCUT2D eigenvalue weighted by molar-refractivity contribution is 6.33. The second kappa shape index (κ2) is 6.75. The van der Waals surface area contributed by atoms with Crippen LogP contribution in [0, 0.1) is 5.92 Å². The topological polar surface area (TPSA) is 45.2 Å². The fraction of sp³-hybridized carbons (Fsp3) is 0.571. The lowest BCUT2D eigenvalue weighted by molar-refractivity contribution is 0.0681. The van der Waals surface area contributed by atoms with Crippen molar-refractivity contribution in [2.75, 3.05) is 18.9 Å². The lowest BCUT2D eigenvalue weighted by Crippen LogP contribution is -2.39. The van der Waals surface area contributed by atoms with Crippen molar-refractivity contribution in [1.82, 2.24) is 9.88 Å². The second-order valence-corrected chi connectivity index (χ2v) is 5.66. The molecule has 0 aromatic carbocycles. The molecule has 0 saturated carbocycles. The van der Waals surface area contributed by atoms with Crippen molar-refractivity contribution in [3.63, 3.8) is 0 Å². The van der Waals surface area contributed by atoms with Gasteiger partial charge in [0.1, 0.15) is 5.82 Å². The quantitative estimate of drug-likeness (QED) is 0.902. The summed E-state index contributed by atoms with van der Waals surface area (Å²) in [4.78, 5) is 18.5. The number of nitrogens with one attached hydrogen (secondary N) is 1. The summed E-state index contributed by atoms with van der Waals surface area (Å²) in [5.74, 6) is 0.977. The Balaban J connectivity index is 2.99. The molecule has 1 rings (SSSR count). The smallest absolute Gasteiger partial charge is 0.255 e. The van der Waals surface area contributed by atoms with E-state index in [0.29, 0.717) is 22.3 Å². The molecule has 0 fully saturated rings. The molecular formula is C14H22ClN3O. The van der Waals surface area contributed by atoms with Crippen LogP contribution in [-0.2, 0) is 0 Å². The van der Waals surface area contributed by atoms with Crippen molar-refractivity contribution in [2.24, 2.45) is 5.92 Å². The summed E-state index contributed by atoms with van der Waals surface area (Å²) in [5, 5.41) is 3.34. The van der Waals surface area contributed by atoms with Gasteiger partial charge in [0, 0.05) is 25.8 Å². The van der Waals surface area contributed by atoms with Gasteiger partial charge in [0.15, 0.2) is 0 Å². The Hall–Kier alpha value is -1.29. The summed E-state index contributed by atoms with van der Waals surface area (Å²) in [5.41, 5.74) is 0.526. The molecule has 5 heteroatoms. The number of aromatic nitrogens is 1. The zero-order chi connectivity index (χ0) is 14.6. The third-order valence-electron chi connectivity index (χ3n) is 2.77. The number of carbonyl (C=O) groups excluding carboxylic acids is 1. The number of hydrogen-bond donors (Lipinski definition) is 1. The first kappa shape index (κ1) is 15.8. The maximum absolute atomic E-state index is 12.5. The molecule has 1 amide bonds. The SMILES string of the molecule is CNc1ncc(C(=O)N(CC(C)C)C(C)C)cc1Cl. The average molecular weight is 284 g/mol. The Morgan fingerprint density at radius 3 is 2.47 bits per heavy atom. The maximum atomic E-state index is 12.5.